The summed E-state index contributed by atoms with van der Waals surface area (Å²) in [6.45, 7) is 6.54. The number of imide groups is 2. The van der Waals surface area contributed by atoms with Crippen LogP contribution in [0.25, 0.3) is 6.08 Å². The highest BCUT2D eigenvalue weighted by atomic mass is 35.5. The zero-order valence-electron chi connectivity index (χ0n) is 31.1. The number of likely N-dealkylation sites (N-methyl/N-ethyl adjacent to an activating group) is 1. The van der Waals surface area contributed by atoms with Crippen LogP contribution in [0.3, 0.4) is 0 Å². The molecule has 5 heterocycles. The van der Waals surface area contributed by atoms with E-state index in [-0.39, 0.29) is 66.0 Å². The summed E-state index contributed by atoms with van der Waals surface area (Å²) in [5, 5.41) is 19.3. The molecule has 0 aliphatic carbocycles. The number of morpholine rings is 1. The number of aliphatic hydroxyl groups excluding tert-OH is 1. The normalized spacial score (nSPS) is 22.1. The van der Waals surface area contributed by atoms with E-state index in [1.165, 1.54) is 25.4 Å². The third-order valence-electron chi connectivity index (χ3n) is 9.78. The number of nitrogens with zero attached hydrogens (tertiary/aromatic N) is 5. The molecule has 3 aromatic rings. The molecule has 0 radical (unpaired) electrons. The lowest BCUT2D eigenvalue weighted by molar-refractivity contribution is -0.136. The van der Waals surface area contributed by atoms with Gasteiger partial charge in [-0.2, -0.15) is 4.98 Å². The van der Waals surface area contributed by atoms with Crippen LogP contribution in [-0.2, 0) is 23.9 Å². The summed E-state index contributed by atoms with van der Waals surface area (Å²) in [6, 6.07) is 9.00. The number of nitrogens with one attached hydrogen (secondary N) is 3. The minimum atomic E-state index is -1.07. The van der Waals surface area contributed by atoms with Crippen LogP contribution in [-0.4, -0.2) is 113 Å². The number of aliphatic hydroxyl groups is 1. The number of fused-ring (bicyclic) bond motifs is 2. The Morgan fingerprint density at radius 3 is 2.62 bits per heavy atom. The summed E-state index contributed by atoms with van der Waals surface area (Å²) in [5.74, 6) is -1.31. The molecule has 4 atom stereocenters. The third-order valence-corrected chi connectivity index (χ3v) is 10.1. The second-order valence-electron chi connectivity index (χ2n) is 14.1. The van der Waals surface area contributed by atoms with Gasteiger partial charge < -0.3 is 39.8 Å². The van der Waals surface area contributed by atoms with Gasteiger partial charge in [0, 0.05) is 43.0 Å². The highest BCUT2D eigenvalue weighted by molar-refractivity contribution is 6.33. The van der Waals surface area contributed by atoms with Crippen molar-refractivity contribution in [2.75, 3.05) is 48.5 Å². The molecule has 294 valence electrons. The van der Waals surface area contributed by atoms with Crippen LogP contribution < -0.4 is 30.5 Å². The molecule has 4 aliphatic rings. The van der Waals surface area contributed by atoms with Gasteiger partial charge in [0.15, 0.2) is 18.7 Å². The minimum absolute atomic E-state index is 0.0323. The molecule has 56 heavy (non-hydrogen) atoms. The number of benzene rings is 2. The molecule has 0 bridgehead atoms. The SMILES string of the molecule is CNC(=O)COC1=Cc2cc(Nc3nc(N4C[C@@H](COc5ccc6c(c5)C(=O)N(C5CCC(=O)NC5=O)C6=O)O[C@@H](C)C4)ncc3Cl)ccc2N(C(C)C)C1O. The lowest BCUT2D eigenvalue weighted by atomic mass is 10.0. The first-order valence-electron chi connectivity index (χ1n) is 18.1. The van der Waals surface area contributed by atoms with E-state index in [1.54, 1.807) is 17.0 Å². The van der Waals surface area contributed by atoms with Crippen molar-refractivity contribution in [2.45, 2.75) is 64.1 Å². The Kier molecular flexibility index (Phi) is 10.8. The van der Waals surface area contributed by atoms with Gasteiger partial charge in [-0.15, -0.1) is 0 Å². The molecular weight excluding hydrogens is 748 g/mol. The van der Waals surface area contributed by atoms with E-state index in [2.05, 4.69) is 20.9 Å². The van der Waals surface area contributed by atoms with Gasteiger partial charge in [-0.05, 0) is 69.7 Å². The van der Waals surface area contributed by atoms with Crippen molar-refractivity contribution >= 4 is 70.4 Å². The number of rotatable bonds is 11. The maximum absolute atomic E-state index is 13.3. The van der Waals surface area contributed by atoms with Gasteiger partial charge in [0.25, 0.3) is 17.7 Å². The van der Waals surface area contributed by atoms with E-state index in [0.717, 1.165) is 16.2 Å². The fraction of sp³-hybridized carbons (Fsp3) is 0.395. The highest BCUT2D eigenvalue weighted by Crippen LogP contribution is 2.37. The quantitative estimate of drug-likeness (QED) is 0.206. The van der Waals surface area contributed by atoms with E-state index in [9.17, 15) is 29.1 Å². The summed E-state index contributed by atoms with van der Waals surface area (Å²) in [5.41, 5.74) is 2.47. The number of anilines is 4. The number of piperidine rings is 1. The molecule has 2 unspecified atom stereocenters. The molecule has 1 aromatic heterocycles. The Hall–Kier alpha value is -5.78. The second kappa shape index (κ2) is 15.8. The number of ether oxygens (including phenoxy) is 3. The molecule has 5 amide bonds. The molecule has 17 nitrogen and oxygen atoms in total. The topological polar surface area (TPSA) is 205 Å². The van der Waals surface area contributed by atoms with Crippen molar-refractivity contribution in [3.63, 3.8) is 0 Å². The van der Waals surface area contributed by atoms with Crippen LogP contribution >= 0.6 is 11.6 Å². The number of hydrogen-bond donors (Lipinski definition) is 4. The number of aromatic nitrogens is 2. The standard InChI is InChI=1S/C38H41ClN8O9/c1-19(2)46-28-8-5-22(11-21(28)12-30(37(46)53)55-18-32(49)40-4)42-33-27(39)14-41-38(44-33)45-15-20(3)56-24(16-45)17-54-23-6-7-25-26(13-23)36(52)47(35(25)51)29-9-10-31(48)43-34(29)50/h5-8,11-14,19-20,24,29,37,53H,9-10,15-18H2,1-4H3,(H,40,49)(H,41,42,44)(H,43,48,50)/t20-,24-,29?,37?/m0/s1. The first-order valence-corrected chi connectivity index (χ1v) is 18.5. The molecule has 2 saturated heterocycles. The summed E-state index contributed by atoms with van der Waals surface area (Å²) >= 11 is 6.58. The first kappa shape index (κ1) is 38.5. The number of halogens is 1. The van der Waals surface area contributed by atoms with Crippen molar-refractivity contribution < 1.29 is 43.3 Å². The summed E-state index contributed by atoms with van der Waals surface area (Å²) in [6.07, 6.45) is 1.59. The fourth-order valence-corrected chi connectivity index (χ4v) is 7.28. The van der Waals surface area contributed by atoms with E-state index in [1.807, 2.05) is 43.9 Å². The number of hydrogen-bond acceptors (Lipinski definition) is 14. The maximum Gasteiger partial charge on any atom is 0.262 e. The molecule has 7 rings (SSSR count). The molecule has 2 aromatic carbocycles. The molecule has 4 N–H and O–H groups in total. The van der Waals surface area contributed by atoms with Crippen LogP contribution in [0, 0.1) is 0 Å². The van der Waals surface area contributed by atoms with Crippen molar-refractivity contribution in [3.8, 4) is 5.75 Å². The van der Waals surface area contributed by atoms with Gasteiger partial charge in [-0.1, -0.05) is 11.6 Å². The molecular formula is C38H41ClN8O9. The second-order valence-corrected chi connectivity index (χ2v) is 14.5. The zero-order valence-corrected chi connectivity index (χ0v) is 31.8. The van der Waals surface area contributed by atoms with E-state index in [4.69, 9.17) is 30.8 Å². The van der Waals surface area contributed by atoms with E-state index >= 15 is 0 Å². The Balaban J connectivity index is 1.03. The van der Waals surface area contributed by atoms with E-state index in [0.29, 0.717) is 36.3 Å². The van der Waals surface area contributed by atoms with Crippen molar-refractivity contribution in [1.29, 1.82) is 0 Å². The Morgan fingerprint density at radius 2 is 1.88 bits per heavy atom. The summed E-state index contributed by atoms with van der Waals surface area (Å²) in [7, 11) is 1.51. The van der Waals surface area contributed by atoms with Gasteiger partial charge in [0.2, 0.25) is 17.8 Å². The van der Waals surface area contributed by atoms with Gasteiger partial charge in [-0.3, -0.25) is 34.2 Å². The Bertz CT molecular complexity index is 2130. The third kappa shape index (κ3) is 7.69. The molecule has 18 heteroatoms. The highest BCUT2D eigenvalue weighted by Gasteiger charge is 2.45. The summed E-state index contributed by atoms with van der Waals surface area (Å²) < 4.78 is 17.9. The molecule has 2 fully saturated rings. The molecule has 0 saturated carbocycles. The average molecular weight is 789 g/mol. The van der Waals surface area contributed by atoms with E-state index < -0.39 is 42.0 Å². The van der Waals surface area contributed by atoms with Crippen molar-refractivity contribution in [1.82, 2.24) is 25.5 Å². The predicted molar refractivity (Wildman–Crippen MR) is 204 cm³/mol. The predicted octanol–water partition coefficient (Wildman–Crippen LogP) is 2.60. The Morgan fingerprint density at radius 1 is 1.09 bits per heavy atom. The smallest absolute Gasteiger partial charge is 0.262 e. The first-order chi connectivity index (χ1) is 26.8. The average Bonchev–Trinajstić information content (AvgIpc) is 3.41. The van der Waals surface area contributed by atoms with Crippen molar-refractivity contribution in [2.24, 2.45) is 0 Å². The van der Waals surface area contributed by atoms with Gasteiger partial charge in [0.05, 0.1) is 30.0 Å². The monoisotopic (exact) mass is 788 g/mol. The molecule has 4 aliphatic heterocycles. The van der Waals surface area contributed by atoms with Crippen LogP contribution in [0.4, 0.5) is 23.1 Å². The van der Waals surface area contributed by atoms with Crippen LogP contribution in [0.2, 0.25) is 5.02 Å². The lowest BCUT2D eigenvalue weighted by Gasteiger charge is -2.38. The number of carbonyl (C=O) groups excluding carboxylic acids is 5. The minimum Gasteiger partial charge on any atom is -0.491 e. The van der Waals surface area contributed by atoms with Gasteiger partial charge >= 0.3 is 0 Å². The fourth-order valence-electron chi connectivity index (χ4n) is 7.14. The zero-order chi connectivity index (χ0) is 39.8. The lowest BCUT2D eigenvalue weighted by Crippen LogP contribution is -2.54. The van der Waals surface area contributed by atoms with Crippen molar-refractivity contribution in [3.05, 3.63) is 70.1 Å². The Labute approximate surface area is 326 Å². The largest absolute Gasteiger partial charge is 0.491 e. The van der Waals surface area contributed by atoms with Gasteiger partial charge in [-0.25, -0.2) is 4.98 Å². The maximum atomic E-state index is 13.3. The number of carbonyl (C=O) groups is 5. The summed E-state index contributed by atoms with van der Waals surface area (Å²) in [4.78, 5) is 76.2. The van der Waals surface area contributed by atoms with Gasteiger partial charge in [0.1, 0.15) is 35.3 Å². The van der Waals surface area contributed by atoms with Crippen LogP contribution in [0.15, 0.2) is 48.4 Å². The van der Waals surface area contributed by atoms with Crippen LogP contribution in [0.5, 0.6) is 5.75 Å². The van der Waals surface area contributed by atoms with Crippen LogP contribution in [0.1, 0.15) is 59.9 Å². The molecule has 0 spiro atoms. The number of amides is 5.